The Bertz CT molecular complexity index is 386. The Balaban J connectivity index is 1.90. The number of nitrogens with zero attached hydrogens (tertiary/aromatic N) is 1. The van der Waals surface area contributed by atoms with Gasteiger partial charge in [-0.2, -0.15) is 0 Å². The molecule has 0 aliphatic carbocycles. The van der Waals surface area contributed by atoms with Crippen molar-refractivity contribution in [3.63, 3.8) is 0 Å². The number of Topliss-reactive ketones (excluding diaryl/α,β-unsaturated/α-hetero) is 1. The van der Waals surface area contributed by atoms with Crippen LogP contribution in [-0.4, -0.2) is 29.7 Å². The Morgan fingerprint density at radius 2 is 1.88 bits per heavy atom. The molecule has 1 fully saturated rings. The second-order valence-corrected chi connectivity index (χ2v) is 4.05. The van der Waals surface area contributed by atoms with E-state index in [-0.39, 0.29) is 11.7 Å². The van der Waals surface area contributed by atoms with Gasteiger partial charge in [0.15, 0.2) is 0 Å². The van der Waals surface area contributed by atoms with Gasteiger partial charge in [0, 0.05) is 19.5 Å². The highest BCUT2D eigenvalue weighted by molar-refractivity contribution is 6.36. The van der Waals surface area contributed by atoms with Crippen LogP contribution in [0.1, 0.15) is 18.4 Å². The molecule has 0 unspecified atom stereocenters. The number of hydrogen-bond donors (Lipinski definition) is 0. The first kappa shape index (κ1) is 10.9. The number of amides is 1. The van der Waals surface area contributed by atoms with Gasteiger partial charge in [0.05, 0.1) is 0 Å². The summed E-state index contributed by atoms with van der Waals surface area (Å²) >= 11 is 0. The van der Waals surface area contributed by atoms with Crippen LogP contribution < -0.4 is 0 Å². The summed E-state index contributed by atoms with van der Waals surface area (Å²) in [5.74, 6) is -0.540. The first-order valence-electron chi connectivity index (χ1n) is 5.63. The standard InChI is InChI=1S/C13H15NO2/c15-12-7-4-9-14(13(12)16)10-8-11-5-2-1-3-6-11/h1-3,5-6H,4,7-10H2. The Morgan fingerprint density at radius 3 is 2.62 bits per heavy atom. The number of carbonyl (C=O) groups excluding carboxylic acids is 2. The zero-order chi connectivity index (χ0) is 11.4. The third-order valence-electron chi connectivity index (χ3n) is 2.87. The van der Waals surface area contributed by atoms with Gasteiger partial charge in [-0.15, -0.1) is 0 Å². The van der Waals surface area contributed by atoms with Gasteiger partial charge in [-0.05, 0) is 18.4 Å². The van der Waals surface area contributed by atoms with E-state index in [9.17, 15) is 9.59 Å². The van der Waals surface area contributed by atoms with E-state index in [0.717, 1.165) is 19.4 Å². The van der Waals surface area contributed by atoms with Crippen molar-refractivity contribution < 1.29 is 9.59 Å². The summed E-state index contributed by atoms with van der Waals surface area (Å²) in [6, 6.07) is 10.0. The molecule has 0 N–H and O–H groups in total. The molecule has 1 aliphatic heterocycles. The van der Waals surface area contributed by atoms with Crippen molar-refractivity contribution in [3.05, 3.63) is 35.9 Å². The summed E-state index contributed by atoms with van der Waals surface area (Å²) in [5, 5.41) is 0. The molecule has 2 rings (SSSR count). The number of carbonyl (C=O) groups is 2. The minimum Gasteiger partial charge on any atom is -0.336 e. The van der Waals surface area contributed by atoms with Gasteiger partial charge in [0.1, 0.15) is 0 Å². The minimum atomic E-state index is -0.304. The fraction of sp³-hybridized carbons (Fsp3) is 0.385. The van der Waals surface area contributed by atoms with Crippen molar-refractivity contribution in [1.82, 2.24) is 4.90 Å². The highest BCUT2D eigenvalue weighted by atomic mass is 16.2. The molecule has 1 aromatic carbocycles. The van der Waals surface area contributed by atoms with Gasteiger partial charge in [-0.3, -0.25) is 9.59 Å². The van der Waals surface area contributed by atoms with E-state index in [2.05, 4.69) is 0 Å². The molecule has 3 heteroatoms. The molecular formula is C13H15NO2. The van der Waals surface area contributed by atoms with Gasteiger partial charge < -0.3 is 4.90 Å². The van der Waals surface area contributed by atoms with E-state index < -0.39 is 0 Å². The third kappa shape index (κ3) is 2.48. The molecule has 1 aromatic rings. The average molecular weight is 217 g/mol. The van der Waals surface area contributed by atoms with E-state index in [1.165, 1.54) is 5.56 Å². The zero-order valence-corrected chi connectivity index (χ0v) is 9.19. The maximum atomic E-state index is 11.5. The number of rotatable bonds is 3. The maximum Gasteiger partial charge on any atom is 0.289 e. The van der Waals surface area contributed by atoms with Crippen molar-refractivity contribution in [2.24, 2.45) is 0 Å². The predicted molar refractivity (Wildman–Crippen MR) is 61.0 cm³/mol. The Kier molecular flexibility index (Phi) is 3.34. The fourth-order valence-corrected chi connectivity index (χ4v) is 1.94. The lowest BCUT2D eigenvalue weighted by Crippen LogP contribution is -2.42. The quantitative estimate of drug-likeness (QED) is 0.718. The Morgan fingerprint density at radius 1 is 1.12 bits per heavy atom. The number of benzene rings is 1. The largest absolute Gasteiger partial charge is 0.336 e. The molecule has 1 saturated heterocycles. The highest BCUT2D eigenvalue weighted by Crippen LogP contribution is 2.09. The molecule has 3 nitrogen and oxygen atoms in total. The van der Waals surface area contributed by atoms with Gasteiger partial charge in [-0.1, -0.05) is 30.3 Å². The molecule has 84 valence electrons. The molecule has 0 spiro atoms. The predicted octanol–water partition coefficient (Wildman–Crippen LogP) is 1.42. The minimum absolute atomic E-state index is 0.237. The molecule has 1 heterocycles. The lowest BCUT2D eigenvalue weighted by molar-refractivity contribution is -0.147. The van der Waals surface area contributed by atoms with Gasteiger partial charge in [-0.25, -0.2) is 0 Å². The lowest BCUT2D eigenvalue weighted by atomic mass is 10.1. The third-order valence-corrected chi connectivity index (χ3v) is 2.87. The first-order chi connectivity index (χ1) is 7.77. The smallest absolute Gasteiger partial charge is 0.289 e. The molecule has 0 radical (unpaired) electrons. The van der Waals surface area contributed by atoms with Crippen LogP contribution in [0.2, 0.25) is 0 Å². The van der Waals surface area contributed by atoms with E-state index in [1.807, 2.05) is 30.3 Å². The van der Waals surface area contributed by atoms with Crippen LogP contribution in [0.15, 0.2) is 30.3 Å². The zero-order valence-electron chi connectivity index (χ0n) is 9.19. The molecule has 0 saturated carbocycles. The van der Waals surface area contributed by atoms with E-state index >= 15 is 0 Å². The molecular weight excluding hydrogens is 202 g/mol. The number of ketones is 1. The first-order valence-corrected chi connectivity index (χ1v) is 5.63. The van der Waals surface area contributed by atoms with Crippen LogP contribution >= 0.6 is 0 Å². The summed E-state index contributed by atoms with van der Waals surface area (Å²) in [6.07, 6.45) is 2.04. The van der Waals surface area contributed by atoms with Crippen molar-refractivity contribution >= 4 is 11.7 Å². The summed E-state index contributed by atoms with van der Waals surface area (Å²) in [5.41, 5.74) is 1.20. The maximum absolute atomic E-state index is 11.5. The highest BCUT2D eigenvalue weighted by Gasteiger charge is 2.25. The summed E-state index contributed by atoms with van der Waals surface area (Å²) in [7, 11) is 0. The van der Waals surface area contributed by atoms with Crippen molar-refractivity contribution in [2.75, 3.05) is 13.1 Å². The molecule has 16 heavy (non-hydrogen) atoms. The number of piperidine rings is 1. The van der Waals surface area contributed by atoms with Crippen molar-refractivity contribution in [3.8, 4) is 0 Å². The summed E-state index contributed by atoms with van der Waals surface area (Å²) in [4.78, 5) is 24.4. The van der Waals surface area contributed by atoms with E-state index in [0.29, 0.717) is 13.0 Å². The lowest BCUT2D eigenvalue weighted by Gasteiger charge is -2.25. The summed E-state index contributed by atoms with van der Waals surface area (Å²) in [6.45, 7) is 1.37. The monoisotopic (exact) mass is 217 g/mol. The van der Waals surface area contributed by atoms with Gasteiger partial charge in [0.2, 0.25) is 5.78 Å². The average Bonchev–Trinajstić information content (AvgIpc) is 2.32. The van der Waals surface area contributed by atoms with E-state index in [1.54, 1.807) is 4.90 Å². The molecule has 0 atom stereocenters. The number of likely N-dealkylation sites (tertiary alicyclic amines) is 1. The number of hydrogen-bond acceptors (Lipinski definition) is 2. The van der Waals surface area contributed by atoms with Crippen LogP contribution in [0.4, 0.5) is 0 Å². The fourth-order valence-electron chi connectivity index (χ4n) is 1.94. The van der Waals surface area contributed by atoms with Crippen LogP contribution in [0.25, 0.3) is 0 Å². The van der Waals surface area contributed by atoms with Crippen LogP contribution in [-0.2, 0) is 16.0 Å². The van der Waals surface area contributed by atoms with Crippen molar-refractivity contribution in [2.45, 2.75) is 19.3 Å². The van der Waals surface area contributed by atoms with E-state index in [4.69, 9.17) is 0 Å². The second-order valence-electron chi connectivity index (χ2n) is 4.05. The molecule has 0 aromatic heterocycles. The normalized spacial score (nSPS) is 16.6. The van der Waals surface area contributed by atoms with Crippen LogP contribution in [0.5, 0.6) is 0 Å². The summed E-state index contributed by atoms with van der Waals surface area (Å²) < 4.78 is 0. The SMILES string of the molecule is O=C1CCCN(CCc2ccccc2)C1=O. The van der Waals surface area contributed by atoms with Gasteiger partial charge >= 0.3 is 0 Å². The molecule has 0 bridgehead atoms. The topological polar surface area (TPSA) is 37.4 Å². The Labute approximate surface area is 95.1 Å². The van der Waals surface area contributed by atoms with Crippen molar-refractivity contribution in [1.29, 1.82) is 0 Å². The van der Waals surface area contributed by atoms with Crippen LogP contribution in [0.3, 0.4) is 0 Å². The molecule has 1 amide bonds. The Hall–Kier alpha value is -1.64. The molecule has 1 aliphatic rings. The van der Waals surface area contributed by atoms with Gasteiger partial charge in [0.25, 0.3) is 5.91 Å². The second kappa shape index (κ2) is 4.92. The van der Waals surface area contributed by atoms with Crippen LogP contribution in [0, 0.1) is 0 Å².